The molecular weight excluding hydrogens is 312 g/mol. The number of rotatable bonds is 3. The Labute approximate surface area is 138 Å². The first kappa shape index (κ1) is 14.6. The van der Waals surface area contributed by atoms with Gasteiger partial charge in [-0.1, -0.05) is 0 Å². The Balaban J connectivity index is 1.34. The quantitative estimate of drug-likeness (QED) is 0.912. The summed E-state index contributed by atoms with van der Waals surface area (Å²) in [7, 11) is 0. The number of amides is 1. The molecule has 0 radical (unpaired) electrons. The number of hydrogen-bond donors (Lipinski definition) is 1. The molecule has 1 aliphatic carbocycles. The average Bonchev–Trinajstić information content (AvgIpc) is 3.23. The number of nitrogens with zero attached hydrogens (tertiary/aromatic N) is 5. The SMILES string of the molecule is Nc1ncn(CC(=O)N2CCC(c3nc4c(s3)CCC4)CC2)n1. The molecule has 2 aromatic rings. The summed E-state index contributed by atoms with van der Waals surface area (Å²) in [6, 6.07) is 0. The van der Waals surface area contributed by atoms with Crippen LogP contribution in [0.25, 0.3) is 0 Å². The maximum absolute atomic E-state index is 12.3. The van der Waals surface area contributed by atoms with Crippen LogP contribution in [0.1, 0.15) is 40.8 Å². The molecule has 4 rings (SSSR count). The molecule has 0 aromatic carbocycles. The summed E-state index contributed by atoms with van der Waals surface area (Å²) in [5.41, 5.74) is 6.80. The van der Waals surface area contributed by atoms with Crippen LogP contribution in [0.15, 0.2) is 6.33 Å². The molecule has 3 heterocycles. The Morgan fingerprint density at radius 3 is 2.87 bits per heavy atom. The number of carbonyl (C=O) groups is 1. The van der Waals surface area contributed by atoms with Crippen molar-refractivity contribution in [3.63, 3.8) is 0 Å². The van der Waals surface area contributed by atoms with Gasteiger partial charge in [0.2, 0.25) is 11.9 Å². The van der Waals surface area contributed by atoms with Crippen molar-refractivity contribution < 1.29 is 4.79 Å². The highest BCUT2D eigenvalue weighted by Crippen LogP contribution is 2.35. The van der Waals surface area contributed by atoms with Gasteiger partial charge in [-0.3, -0.25) is 4.79 Å². The van der Waals surface area contributed by atoms with Gasteiger partial charge in [0, 0.05) is 23.9 Å². The predicted octanol–water partition coefficient (Wildman–Crippen LogP) is 1.21. The Morgan fingerprint density at radius 2 is 2.17 bits per heavy atom. The van der Waals surface area contributed by atoms with E-state index < -0.39 is 0 Å². The molecule has 2 N–H and O–H groups in total. The van der Waals surface area contributed by atoms with Gasteiger partial charge in [-0.15, -0.1) is 16.4 Å². The number of thiazole rings is 1. The van der Waals surface area contributed by atoms with E-state index in [0.717, 1.165) is 32.4 Å². The van der Waals surface area contributed by atoms with E-state index in [4.69, 9.17) is 10.7 Å². The number of aryl methyl sites for hydroxylation is 2. The van der Waals surface area contributed by atoms with Crippen LogP contribution < -0.4 is 5.73 Å². The van der Waals surface area contributed by atoms with E-state index in [1.54, 1.807) is 0 Å². The topological polar surface area (TPSA) is 89.9 Å². The molecule has 1 saturated heterocycles. The molecule has 2 aromatic heterocycles. The zero-order chi connectivity index (χ0) is 15.8. The molecule has 0 saturated carbocycles. The minimum absolute atomic E-state index is 0.0787. The van der Waals surface area contributed by atoms with Crippen LogP contribution in [0.4, 0.5) is 5.95 Å². The number of anilines is 1. The molecule has 8 heteroatoms. The minimum atomic E-state index is 0.0787. The van der Waals surface area contributed by atoms with E-state index in [2.05, 4.69) is 10.1 Å². The van der Waals surface area contributed by atoms with E-state index in [1.807, 2.05) is 16.2 Å². The molecule has 0 atom stereocenters. The van der Waals surface area contributed by atoms with Crippen LogP contribution in [0.5, 0.6) is 0 Å². The van der Waals surface area contributed by atoms with Crippen LogP contribution in [0.2, 0.25) is 0 Å². The van der Waals surface area contributed by atoms with Gasteiger partial charge in [-0.05, 0) is 32.1 Å². The van der Waals surface area contributed by atoms with Crippen LogP contribution in [-0.2, 0) is 24.2 Å². The van der Waals surface area contributed by atoms with Gasteiger partial charge in [0.15, 0.2) is 0 Å². The molecule has 1 fully saturated rings. The van der Waals surface area contributed by atoms with Crippen LogP contribution >= 0.6 is 11.3 Å². The van der Waals surface area contributed by atoms with Gasteiger partial charge < -0.3 is 10.6 Å². The summed E-state index contributed by atoms with van der Waals surface area (Å²) in [6.45, 7) is 1.79. The lowest BCUT2D eigenvalue weighted by molar-refractivity contribution is -0.133. The Hall–Kier alpha value is -1.96. The first-order chi connectivity index (χ1) is 11.2. The monoisotopic (exact) mass is 332 g/mol. The van der Waals surface area contributed by atoms with Gasteiger partial charge in [0.1, 0.15) is 12.9 Å². The second-order valence-electron chi connectivity index (χ2n) is 6.23. The molecule has 1 aliphatic heterocycles. The summed E-state index contributed by atoms with van der Waals surface area (Å²) in [5.74, 6) is 0.792. The van der Waals surface area contributed by atoms with Crippen molar-refractivity contribution in [3.05, 3.63) is 21.9 Å². The van der Waals surface area contributed by atoms with Gasteiger partial charge in [-0.25, -0.2) is 14.6 Å². The average molecular weight is 332 g/mol. The van der Waals surface area contributed by atoms with E-state index in [9.17, 15) is 4.79 Å². The number of hydrogen-bond acceptors (Lipinski definition) is 6. The lowest BCUT2D eigenvalue weighted by atomic mass is 9.97. The zero-order valence-electron chi connectivity index (χ0n) is 12.9. The maximum atomic E-state index is 12.3. The normalized spacial score (nSPS) is 18.3. The summed E-state index contributed by atoms with van der Waals surface area (Å²) in [4.78, 5) is 24.4. The molecule has 122 valence electrons. The number of nitrogen functional groups attached to an aromatic ring is 1. The maximum Gasteiger partial charge on any atom is 0.244 e. The first-order valence-electron chi connectivity index (χ1n) is 8.10. The highest BCUT2D eigenvalue weighted by molar-refractivity contribution is 7.11. The van der Waals surface area contributed by atoms with Gasteiger partial charge >= 0.3 is 0 Å². The van der Waals surface area contributed by atoms with Gasteiger partial charge in [-0.2, -0.15) is 0 Å². The fourth-order valence-electron chi connectivity index (χ4n) is 3.38. The molecule has 0 unspecified atom stereocenters. The van der Waals surface area contributed by atoms with E-state index in [-0.39, 0.29) is 18.4 Å². The third-order valence-electron chi connectivity index (χ3n) is 4.66. The van der Waals surface area contributed by atoms with Crippen molar-refractivity contribution >= 4 is 23.2 Å². The van der Waals surface area contributed by atoms with Gasteiger partial charge in [0.05, 0.1) is 10.7 Å². The smallest absolute Gasteiger partial charge is 0.244 e. The van der Waals surface area contributed by atoms with E-state index >= 15 is 0 Å². The third kappa shape index (κ3) is 2.95. The van der Waals surface area contributed by atoms with Crippen molar-refractivity contribution in [2.75, 3.05) is 18.8 Å². The Morgan fingerprint density at radius 1 is 1.35 bits per heavy atom. The fraction of sp³-hybridized carbons (Fsp3) is 0.600. The van der Waals surface area contributed by atoms with E-state index in [0.29, 0.717) is 5.92 Å². The van der Waals surface area contributed by atoms with Crippen molar-refractivity contribution in [3.8, 4) is 0 Å². The Kier molecular flexibility index (Phi) is 3.76. The van der Waals surface area contributed by atoms with Crippen LogP contribution in [-0.4, -0.2) is 43.6 Å². The molecule has 23 heavy (non-hydrogen) atoms. The molecule has 1 amide bonds. The van der Waals surface area contributed by atoms with Crippen LogP contribution in [0, 0.1) is 0 Å². The molecule has 0 spiro atoms. The van der Waals surface area contributed by atoms with Crippen molar-refractivity contribution in [1.82, 2.24) is 24.6 Å². The lowest BCUT2D eigenvalue weighted by Gasteiger charge is -2.31. The van der Waals surface area contributed by atoms with E-state index in [1.165, 1.54) is 39.4 Å². The van der Waals surface area contributed by atoms with Crippen molar-refractivity contribution in [1.29, 1.82) is 0 Å². The molecular formula is C15H20N6OS. The lowest BCUT2D eigenvalue weighted by Crippen LogP contribution is -2.39. The number of nitrogens with two attached hydrogens (primary N) is 1. The highest BCUT2D eigenvalue weighted by Gasteiger charge is 2.27. The molecule has 7 nitrogen and oxygen atoms in total. The van der Waals surface area contributed by atoms with Crippen molar-refractivity contribution in [2.45, 2.75) is 44.6 Å². The molecule has 0 bridgehead atoms. The number of carbonyl (C=O) groups excluding carboxylic acids is 1. The first-order valence-corrected chi connectivity index (χ1v) is 8.92. The second kappa shape index (κ2) is 5.92. The molecule has 2 aliphatic rings. The minimum Gasteiger partial charge on any atom is -0.367 e. The Bertz CT molecular complexity index is 694. The number of aromatic nitrogens is 4. The third-order valence-corrected chi connectivity index (χ3v) is 5.98. The van der Waals surface area contributed by atoms with Crippen LogP contribution in [0.3, 0.4) is 0 Å². The summed E-state index contributed by atoms with van der Waals surface area (Å²) in [6.07, 6.45) is 7.09. The summed E-state index contributed by atoms with van der Waals surface area (Å²) < 4.78 is 1.50. The number of likely N-dealkylation sites (tertiary alicyclic amines) is 1. The van der Waals surface area contributed by atoms with Crippen molar-refractivity contribution in [2.24, 2.45) is 0 Å². The zero-order valence-corrected chi connectivity index (χ0v) is 13.8. The number of piperidine rings is 1. The standard InChI is InChI=1S/C15H20N6OS/c16-15-17-9-21(19-15)8-13(22)20-6-4-10(5-7-20)14-18-11-2-1-3-12(11)23-14/h9-10H,1-8H2,(H2,16,19). The highest BCUT2D eigenvalue weighted by atomic mass is 32.1. The summed E-state index contributed by atoms with van der Waals surface area (Å²) in [5, 5.41) is 5.25. The van der Waals surface area contributed by atoms with Gasteiger partial charge in [0.25, 0.3) is 0 Å². The predicted molar refractivity (Wildman–Crippen MR) is 87.1 cm³/mol. The number of fused-ring (bicyclic) bond motifs is 1. The summed E-state index contributed by atoms with van der Waals surface area (Å²) >= 11 is 1.89. The fourth-order valence-corrected chi connectivity index (χ4v) is 4.71. The largest absolute Gasteiger partial charge is 0.367 e. The second-order valence-corrected chi connectivity index (χ2v) is 7.35.